The van der Waals surface area contributed by atoms with Crippen molar-refractivity contribution >= 4 is 35.0 Å². The van der Waals surface area contributed by atoms with Gasteiger partial charge in [0.05, 0.1) is 11.4 Å². The number of alkyl halides is 3. The Labute approximate surface area is 223 Å². The lowest BCUT2D eigenvalue weighted by Crippen LogP contribution is -2.41. The van der Waals surface area contributed by atoms with E-state index in [0.717, 1.165) is 18.2 Å². The summed E-state index contributed by atoms with van der Waals surface area (Å²) in [5, 5.41) is 5.76. The number of benzene rings is 1. The highest BCUT2D eigenvalue weighted by atomic mass is 35.5. The van der Waals surface area contributed by atoms with Crippen LogP contribution in [-0.2, 0) is 6.18 Å². The topological polar surface area (TPSA) is 119 Å². The fraction of sp³-hybridized carbons (Fsp3) is 0.292. The third-order valence-electron chi connectivity index (χ3n) is 5.94. The minimum atomic E-state index is -4.73. The van der Waals surface area contributed by atoms with Crippen LogP contribution < -0.4 is 15.9 Å². The lowest BCUT2D eigenvalue weighted by atomic mass is 9.90. The first-order chi connectivity index (χ1) is 18.4. The van der Waals surface area contributed by atoms with Gasteiger partial charge in [0.15, 0.2) is 5.75 Å². The number of urea groups is 1. The van der Waals surface area contributed by atoms with Gasteiger partial charge in [-0.05, 0) is 31.9 Å². The Hall–Kier alpha value is -4.07. The number of likely N-dealkylation sites (tertiary alicyclic amines) is 1. The van der Waals surface area contributed by atoms with Gasteiger partial charge in [-0.25, -0.2) is 28.5 Å². The number of pyridine rings is 1. The number of nitrogens with zero attached hydrogens (tertiary/aromatic N) is 5. The minimum absolute atomic E-state index is 0.00611. The molecule has 1 aromatic carbocycles. The number of rotatable bonds is 5. The minimum Gasteiger partial charge on any atom is -0.368 e. The number of anilines is 2. The van der Waals surface area contributed by atoms with Crippen molar-refractivity contribution in [3.8, 4) is 5.75 Å². The number of hydrogen-bond acceptors (Lipinski definition) is 7. The zero-order valence-electron chi connectivity index (χ0n) is 20.3. The standard InChI is InChI=1S/C24H21ClF5N7O2/c1-12(36-39-14-9-18(24(28,29)30)33-19(25)10-14)15-11-32-22(31)34-20(15)13-5-7-37(8-6-13)23(38)35-21-16(26)3-2-4-17(21)27/h2-4,9-11,13H,5-8H2,1H3,(H,35,38)(H2,31,32,34)/b36-12+. The number of para-hydroxylation sites is 1. The second-order valence-corrected chi connectivity index (χ2v) is 8.98. The second-order valence-electron chi connectivity index (χ2n) is 8.59. The number of hydrogen-bond donors (Lipinski definition) is 2. The number of piperidine rings is 1. The SMILES string of the molecule is C/C(=N\Oc1cc(Cl)nc(C(F)(F)F)c1)c1cnc(N)nc1C1CCN(C(=O)Nc2c(F)cccc2F)CC1. The Kier molecular flexibility index (Phi) is 8.14. The monoisotopic (exact) mass is 569 g/mol. The Morgan fingerprint density at radius 3 is 2.49 bits per heavy atom. The molecule has 0 radical (unpaired) electrons. The lowest BCUT2D eigenvalue weighted by molar-refractivity contribution is -0.141. The maximum Gasteiger partial charge on any atom is 0.433 e. The average molecular weight is 570 g/mol. The first kappa shape index (κ1) is 28.0. The summed E-state index contributed by atoms with van der Waals surface area (Å²) >= 11 is 5.68. The number of carbonyl (C=O) groups excluding carboxylic acids is 1. The lowest BCUT2D eigenvalue weighted by Gasteiger charge is -2.32. The summed E-state index contributed by atoms with van der Waals surface area (Å²) < 4.78 is 66.9. The molecule has 4 rings (SSSR count). The number of nitrogen functional groups attached to an aromatic ring is 1. The summed E-state index contributed by atoms with van der Waals surface area (Å²) in [6.45, 7) is 2.05. The number of aromatic nitrogens is 3. The number of carbonyl (C=O) groups is 1. The van der Waals surface area contributed by atoms with Gasteiger partial charge < -0.3 is 20.8 Å². The van der Waals surface area contributed by atoms with Gasteiger partial charge in [-0.15, -0.1) is 0 Å². The second kappa shape index (κ2) is 11.4. The van der Waals surface area contributed by atoms with Crippen LogP contribution >= 0.6 is 11.6 Å². The van der Waals surface area contributed by atoms with Crippen LogP contribution in [0.3, 0.4) is 0 Å². The molecule has 0 spiro atoms. The maximum atomic E-state index is 13.9. The summed E-state index contributed by atoms with van der Waals surface area (Å²) in [7, 11) is 0. The van der Waals surface area contributed by atoms with Gasteiger partial charge in [-0.2, -0.15) is 13.2 Å². The van der Waals surface area contributed by atoms with E-state index in [-0.39, 0.29) is 36.4 Å². The van der Waals surface area contributed by atoms with Crippen LogP contribution in [0.15, 0.2) is 41.7 Å². The molecule has 3 aromatic rings. The number of halogens is 6. The molecule has 1 saturated heterocycles. The largest absolute Gasteiger partial charge is 0.433 e. The number of nitrogens with two attached hydrogens (primary N) is 1. The highest BCUT2D eigenvalue weighted by Gasteiger charge is 2.33. The molecule has 0 atom stereocenters. The van der Waals surface area contributed by atoms with Crippen molar-refractivity contribution in [3.63, 3.8) is 0 Å². The molecule has 3 N–H and O–H groups in total. The highest BCUT2D eigenvalue weighted by molar-refractivity contribution is 6.29. The maximum absolute atomic E-state index is 13.9. The van der Waals surface area contributed by atoms with Crippen molar-refractivity contribution < 1.29 is 31.6 Å². The number of oxime groups is 1. The van der Waals surface area contributed by atoms with Crippen molar-refractivity contribution in [1.29, 1.82) is 0 Å². The molecule has 2 aromatic heterocycles. The van der Waals surface area contributed by atoms with Crippen LogP contribution in [0, 0.1) is 11.6 Å². The molecule has 1 aliphatic heterocycles. The van der Waals surface area contributed by atoms with Gasteiger partial charge in [0.25, 0.3) is 0 Å². The van der Waals surface area contributed by atoms with Crippen LogP contribution in [0.2, 0.25) is 5.15 Å². The fourth-order valence-corrected chi connectivity index (χ4v) is 4.20. The van der Waals surface area contributed by atoms with E-state index in [1.165, 1.54) is 17.2 Å². The van der Waals surface area contributed by atoms with E-state index in [1.54, 1.807) is 6.92 Å². The molecule has 2 amide bonds. The summed E-state index contributed by atoms with van der Waals surface area (Å²) in [6.07, 6.45) is -2.45. The van der Waals surface area contributed by atoms with Crippen molar-refractivity contribution in [3.05, 3.63) is 70.3 Å². The van der Waals surface area contributed by atoms with Gasteiger partial charge in [0.2, 0.25) is 5.95 Å². The normalized spacial score (nSPS) is 14.8. The zero-order chi connectivity index (χ0) is 28.3. The van der Waals surface area contributed by atoms with Gasteiger partial charge in [-0.1, -0.05) is 22.8 Å². The van der Waals surface area contributed by atoms with Crippen molar-refractivity contribution in [1.82, 2.24) is 19.9 Å². The third kappa shape index (κ3) is 6.69. The van der Waals surface area contributed by atoms with E-state index in [0.29, 0.717) is 30.2 Å². The summed E-state index contributed by atoms with van der Waals surface area (Å²) in [6, 6.07) is 4.37. The molecule has 0 unspecified atom stereocenters. The molecule has 39 heavy (non-hydrogen) atoms. The van der Waals surface area contributed by atoms with E-state index < -0.39 is 40.4 Å². The van der Waals surface area contributed by atoms with E-state index in [1.807, 2.05) is 0 Å². The Bertz CT molecular complexity index is 1390. The Morgan fingerprint density at radius 1 is 1.18 bits per heavy atom. The summed E-state index contributed by atoms with van der Waals surface area (Å²) in [4.78, 5) is 30.7. The van der Waals surface area contributed by atoms with Crippen LogP contribution in [0.25, 0.3) is 0 Å². The molecule has 206 valence electrons. The van der Waals surface area contributed by atoms with Crippen LogP contribution in [0.1, 0.15) is 42.6 Å². The molecule has 3 heterocycles. The summed E-state index contributed by atoms with van der Waals surface area (Å²) in [5.41, 5.74) is 5.24. The van der Waals surface area contributed by atoms with Gasteiger partial charge >= 0.3 is 12.2 Å². The van der Waals surface area contributed by atoms with E-state index in [9.17, 15) is 26.7 Å². The Morgan fingerprint density at radius 2 is 1.85 bits per heavy atom. The zero-order valence-corrected chi connectivity index (χ0v) is 21.0. The molecule has 1 fully saturated rings. The van der Waals surface area contributed by atoms with Gasteiger partial charge in [0.1, 0.15) is 28.2 Å². The van der Waals surface area contributed by atoms with Crippen molar-refractivity contribution in [2.45, 2.75) is 31.9 Å². The number of nitrogens with one attached hydrogen (secondary N) is 1. The fourth-order valence-electron chi connectivity index (χ4n) is 4.00. The van der Waals surface area contributed by atoms with Crippen molar-refractivity contribution in [2.24, 2.45) is 5.16 Å². The number of amides is 2. The first-order valence-electron chi connectivity index (χ1n) is 11.5. The molecule has 0 saturated carbocycles. The quantitative estimate of drug-likeness (QED) is 0.178. The average Bonchev–Trinajstić information content (AvgIpc) is 2.88. The smallest absolute Gasteiger partial charge is 0.368 e. The molecule has 1 aliphatic rings. The van der Waals surface area contributed by atoms with Crippen LogP contribution in [0.4, 0.5) is 38.4 Å². The first-order valence-corrected chi connectivity index (χ1v) is 11.9. The van der Waals surface area contributed by atoms with E-state index >= 15 is 0 Å². The van der Waals surface area contributed by atoms with Gasteiger partial charge in [-0.3, -0.25) is 0 Å². The van der Waals surface area contributed by atoms with E-state index in [4.69, 9.17) is 22.2 Å². The predicted octanol–water partition coefficient (Wildman–Crippen LogP) is 5.62. The van der Waals surface area contributed by atoms with Gasteiger partial charge in [0, 0.05) is 42.9 Å². The third-order valence-corrected chi connectivity index (χ3v) is 6.13. The van der Waals surface area contributed by atoms with Crippen LogP contribution in [0.5, 0.6) is 5.75 Å². The molecular weight excluding hydrogens is 549 g/mol. The molecule has 9 nitrogen and oxygen atoms in total. The summed E-state index contributed by atoms with van der Waals surface area (Å²) in [5.74, 6) is -2.25. The molecular formula is C24H21ClF5N7O2. The Balaban J connectivity index is 1.47. The molecule has 15 heteroatoms. The predicted molar refractivity (Wildman–Crippen MR) is 132 cm³/mol. The molecule has 0 bridgehead atoms. The highest BCUT2D eigenvalue weighted by Crippen LogP contribution is 2.33. The van der Waals surface area contributed by atoms with Crippen LogP contribution in [-0.4, -0.2) is 44.7 Å². The van der Waals surface area contributed by atoms with Crippen molar-refractivity contribution in [2.75, 3.05) is 24.1 Å². The molecule has 0 aliphatic carbocycles. The van der Waals surface area contributed by atoms with E-state index in [2.05, 4.69) is 25.4 Å².